The van der Waals surface area contributed by atoms with E-state index in [1.54, 1.807) is 18.7 Å². The summed E-state index contributed by atoms with van der Waals surface area (Å²) >= 11 is 0. The number of likely N-dealkylation sites (tertiary alicyclic amines) is 1. The summed E-state index contributed by atoms with van der Waals surface area (Å²) in [6.45, 7) is 4.23. The highest BCUT2D eigenvalue weighted by Gasteiger charge is 2.46. The molecule has 0 bridgehead atoms. The number of rotatable bonds is 6. The number of likely N-dealkylation sites (N-methyl/N-ethyl adjacent to an activating group) is 1. The number of piperidine rings is 1. The summed E-state index contributed by atoms with van der Waals surface area (Å²) in [4.78, 5) is 55.4. The molecule has 37 heavy (non-hydrogen) atoms. The van der Waals surface area contributed by atoms with Crippen molar-refractivity contribution in [1.29, 1.82) is 0 Å². The average molecular weight is 523 g/mol. The van der Waals surface area contributed by atoms with Crippen molar-refractivity contribution in [2.24, 2.45) is 5.92 Å². The Morgan fingerprint density at radius 1 is 1.11 bits per heavy atom. The molecule has 0 aromatic heterocycles. The first-order valence-electron chi connectivity index (χ1n) is 12.3. The molecule has 3 aliphatic rings. The number of carbonyl (C=O) groups excluding carboxylic acids is 4. The Labute approximate surface area is 212 Å². The Hall–Kier alpha value is -3.57. The van der Waals surface area contributed by atoms with Gasteiger partial charge in [0.2, 0.25) is 5.91 Å². The van der Waals surface area contributed by atoms with E-state index in [1.165, 1.54) is 28.0 Å². The van der Waals surface area contributed by atoms with E-state index in [2.05, 4.69) is 5.32 Å². The van der Waals surface area contributed by atoms with Crippen LogP contribution in [-0.4, -0.2) is 77.8 Å². The zero-order valence-corrected chi connectivity index (χ0v) is 20.6. The highest BCUT2D eigenvalue weighted by Crippen LogP contribution is 2.41. The standard InChI is InChI=1S/C25H29F3N4O5/c1-3-32-18-13-31(14-19(33)30-11-9-15(10-12-30)23(35)37-4-2)22(34)20(18)21(29-24(32)36)16-7-5-6-8-17(16)25(26,27)28/h5-8,15,21H,3-4,9-14H2,1-2H3,(H,29,36)/t21-/m1/s1. The van der Waals surface area contributed by atoms with Gasteiger partial charge < -0.3 is 19.9 Å². The van der Waals surface area contributed by atoms with Gasteiger partial charge in [-0.3, -0.25) is 19.3 Å². The Bertz CT molecular complexity index is 1130. The maximum absolute atomic E-state index is 13.7. The first kappa shape index (κ1) is 26.5. The predicted molar refractivity (Wildman–Crippen MR) is 125 cm³/mol. The van der Waals surface area contributed by atoms with Crippen LogP contribution < -0.4 is 5.32 Å². The summed E-state index contributed by atoms with van der Waals surface area (Å²) in [5, 5.41) is 2.55. The molecule has 9 nitrogen and oxygen atoms in total. The van der Waals surface area contributed by atoms with Crippen molar-refractivity contribution in [2.75, 3.05) is 39.3 Å². The van der Waals surface area contributed by atoms with Crippen molar-refractivity contribution in [3.8, 4) is 0 Å². The molecule has 1 atom stereocenters. The lowest BCUT2D eigenvalue weighted by molar-refractivity contribution is -0.151. The van der Waals surface area contributed by atoms with Gasteiger partial charge in [0, 0.05) is 19.6 Å². The van der Waals surface area contributed by atoms with Gasteiger partial charge in [-0.2, -0.15) is 13.2 Å². The normalized spacial score (nSPS) is 20.8. The fourth-order valence-electron chi connectivity index (χ4n) is 5.14. The molecule has 1 N–H and O–H groups in total. The Balaban J connectivity index is 1.53. The van der Waals surface area contributed by atoms with Gasteiger partial charge in [0.05, 0.1) is 41.9 Å². The minimum absolute atomic E-state index is 0.0342. The molecule has 3 heterocycles. The van der Waals surface area contributed by atoms with Crippen LogP contribution >= 0.6 is 0 Å². The first-order chi connectivity index (χ1) is 17.6. The Kier molecular flexibility index (Phi) is 7.47. The van der Waals surface area contributed by atoms with E-state index in [0.29, 0.717) is 31.6 Å². The van der Waals surface area contributed by atoms with E-state index < -0.39 is 29.7 Å². The van der Waals surface area contributed by atoms with Crippen LogP contribution in [-0.2, 0) is 25.3 Å². The summed E-state index contributed by atoms with van der Waals surface area (Å²) < 4.78 is 46.3. The molecule has 1 saturated heterocycles. The number of ether oxygens (including phenoxy) is 1. The lowest BCUT2D eigenvalue weighted by atomic mass is 9.91. The molecule has 0 unspecified atom stereocenters. The monoisotopic (exact) mass is 522 g/mol. The van der Waals surface area contributed by atoms with Crippen LogP contribution in [0.25, 0.3) is 0 Å². The van der Waals surface area contributed by atoms with Crippen LogP contribution in [0.4, 0.5) is 18.0 Å². The average Bonchev–Trinajstić information content (AvgIpc) is 3.18. The lowest BCUT2D eigenvalue weighted by Crippen LogP contribution is -2.47. The van der Waals surface area contributed by atoms with E-state index >= 15 is 0 Å². The topological polar surface area (TPSA) is 99.3 Å². The van der Waals surface area contributed by atoms with Crippen LogP contribution in [0.3, 0.4) is 0 Å². The SMILES string of the molecule is CCOC(=O)C1CCN(C(=O)CN2CC3=C(C2=O)[C@@H](c2ccccc2C(F)(F)F)NC(=O)N3CC)CC1. The van der Waals surface area contributed by atoms with E-state index in [0.717, 1.165) is 6.07 Å². The summed E-state index contributed by atoms with van der Waals surface area (Å²) in [7, 11) is 0. The number of carbonyl (C=O) groups is 4. The maximum Gasteiger partial charge on any atom is 0.416 e. The number of esters is 1. The van der Waals surface area contributed by atoms with Gasteiger partial charge in [-0.15, -0.1) is 0 Å². The van der Waals surface area contributed by atoms with E-state index in [9.17, 15) is 32.3 Å². The van der Waals surface area contributed by atoms with Crippen molar-refractivity contribution in [1.82, 2.24) is 20.0 Å². The third-order valence-corrected chi connectivity index (χ3v) is 6.98. The Morgan fingerprint density at radius 2 is 1.78 bits per heavy atom. The number of hydrogen-bond donors (Lipinski definition) is 1. The van der Waals surface area contributed by atoms with Gasteiger partial charge in [0.1, 0.15) is 6.54 Å². The maximum atomic E-state index is 13.7. The zero-order valence-electron chi connectivity index (χ0n) is 20.6. The van der Waals surface area contributed by atoms with Crippen molar-refractivity contribution in [3.05, 3.63) is 46.7 Å². The number of halogens is 3. The minimum Gasteiger partial charge on any atom is -0.466 e. The zero-order chi connectivity index (χ0) is 26.9. The molecule has 1 fully saturated rings. The lowest BCUT2D eigenvalue weighted by Gasteiger charge is -2.33. The summed E-state index contributed by atoms with van der Waals surface area (Å²) in [6.07, 6.45) is -3.78. The molecule has 1 aromatic carbocycles. The number of urea groups is 1. The van der Waals surface area contributed by atoms with Crippen LogP contribution in [0.1, 0.15) is 43.9 Å². The molecule has 0 radical (unpaired) electrons. The molecule has 1 aromatic rings. The molecule has 0 spiro atoms. The molecular weight excluding hydrogens is 493 g/mol. The molecule has 12 heteroatoms. The minimum atomic E-state index is -4.68. The van der Waals surface area contributed by atoms with Gasteiger partial charge in [-0.1, -0.05) is 18.2 Å². The smallest absolute Gasteiger partial charge is 0.416 e. The molecular formula is C25H29F3N4O5. The quantitative estimate of drug-likeness (QED) is 0.580. The van der Waals surface area contributed by atoms with Crippen molar-refractivity contribution < 1.29 is 37.1 Å². The molecule has 4 rings (SSSR count). The molecule has 0 aliphatic carbocycles. The van der Waals surface area contributed by atoms with Gasteiger partial charge in [-0.25, -0.2) is 4.79 Å². The number of alkyl halides is 3. The van der Waals surface area contributed by atoms with Crippen LogP contribution in [0.5, 0.6) is 0 Å². The third-order valence-electron chi connectivity index (χ3n) is 6.98. The second-order valence-corrected chi connectivity index (χ2v) is 9.14. The fourth-order valence-corrected chi connectivity index (χ4v) is 5.14. The second kappa shape index (κ2) is 10.4. The van der Waals surface area contributed by atoms with E-state index in [-0.39, 0.29) is 55.2 Å². The van der Waals surface area contributed by atoms with E-state index in [1.807, 2.05) is 0 Å². The van der Waals surface area contributed by atoms with Crippen molar-refractivity contribution >= 4 is 23.8 Å². The third kappa shape index (κ3) is 5.14. The van der Waals surface area contributed by atoms with Crippen molar-refractivity contribution in [3.63, 3.8) is 0 Å². The highest BCUT2D eigenvalue weighted by molar-refractivity contribution is 6.03. The van der Waals surface area contributed by atoms with Crippen LogP contribution in [0.15, 0.2) is 35.5 Å². The number of hydrogen-bond acceptors (Lipinski definition) is 5. The summed E-state index contributed by atoms with van der Waals surface area (Å²) in [6, 6.07) is 2.92. The fraction of sp³-hybridized carbons (Fsp3) is 0.520. The van der Waals surface area contributed by atoms with Gasteiger partial charge in [0.15, 0.2) is 0 Å². The summed E-state index contributed by atoms with van der Waals surface area (Å²) in [5.74, 6) is -1.49. The first-order valence-corrected chi connectivity index (χ1v) is 12.3. The molecule has 4 amide bonds. The molecule has 3 aliphatic heterocycles. The highest BCUT2D eigenvalue weighted by atomic mass is 19.4. The number of benzene rings is 1. The predicted octanol–water partition coefficient (Wildman–Crippen LogP) is 2.69. The molecule has 200 valence electrons. The Morgan fingerprint density at radius 3 is 2.41 bits per heavy atom. The largest absolute Gasteiger partial charge is 0.466 e. The van der Waals surface area contributed by atoms with Gasteiger partial charge in [-0.05, 0) is 38.3 Å². The van der Waals surface area contributed by atoms with Gasteiger partial charge >= 0.3 is 18.2 Å². The number of amides is 4. The molecule has 0 saturated carbocycles. The number of nitrogens with zero attached hydrogens (tertiary/aromatic N) is 3. The van der Waals surface area contributed by atoms with Crippen molar-refractivity contribution in [2.45, 2.75) is 38.9 Å². The number of nitrogens with one attached hydrogen (secondary N) is 1. The van der Waals surface area contributed by atoms with Crippen LogP contribution in [0.2, 0.25) is 0 Å². The van der Waals surface area contributed by atoms with E-state index in [4.69, 9.17) is 4.74 Å². The van der Waals surface area contributed by atoms with Crippen LogP contribution in [0, 0.1) is 5.92 Å². The second-order valence-electron chi connectivity index (χ2n) is 9.14. The van der Waals surface area contributed by atoms with Gasteiger partial charge in [0.25, 0.3) is 5.91 Å². The summed E-state index contributed by atoms with van der Waals surface area (Å²) in [5.41, 5.74) is -0.836.